The standard InChI is InChI=1S/C85H139NO18/c1-3-5-7-9-11-13-15-17-19-21-23-24-25-26-27-28-29-30-31-32-33-34-35-36-37-38-39-40-41-42-43-44-45-47-49-51-53-55-57-59-61-63-73(91)86-68(69(90)62-60-58-56-54-52-50-48-46-22-20-18-16-14-12-10-8-6-4-2)67-99-83-79(97)76(94)81(71(65-88)101-83)104-85-80(98)77(95)82(72(66-89)102-85)103-84-78(96)75(93)74(92)70(64-87)100-84/h5,7,11,13,17,19,23-24,26-27,29-30,32-33,35-36,38-39,41-42,44-45,52,54,60,62,68-72,74-85,87-90,92-98H,3-4,6,8-10,12,14-16,18,20-22,25,28,31,34,37,40,43,46-51,53,55-59,61,63-67H2,1-2H3,(H,86,91)/b7-5-,13-11-,19-17-,24-23-,27-26-,30-29-,33-32-,36-35-,39-38-,42-41-,45-44-,54-52+,62-60+. The first-order chi connectivity index (χ1) is 50.8. The molecular weight excluding hydrogens is 1320 g/mol. The molecule has 3 aliphatic rings. The van der Waals surface area contributed by atoms with E-state index in [4.69, 9.17) is 28.4 Å². The molecule has 0 aromatic heterocycles. The van der Waals surface area contributed by atoms with E-state index in [1.165, 1.54) is 70.6 Å². The number of allylic oxidation sites excluding steroid dienone is 25. The molecule has 0 spiro atoms. The lowest BCUT2D eigenvalue weighted by Gasteiger charge is -2.48. The molecule has 12 N–H and O–H groups in total. The highest BCUT2D eigenvalue weighted by Crippen LogP contribution is 2.33. The monoisotopic (exact) mass is 1460 g/mol. The quantitative estimate of drug-likeness (QED) is 0.0199. The Bertz CT molecular complexity index is 2500. The zero-order valence-electron chi connectivity index (χ0n) is 63.2. The highest BCUT2D eigenvalue weighted by atomic mass is 16.8. The van der Waals surface area contributed by atoms with Crippen molar-refractivity contribution in [2.24, 2.45) is 0 Å². The van der Waals surface area contributed by atoms with E-state index < -0.39 is 124 Å². The molecule has 0 bridgehead atoms. The van der Waals surface area contributed by atoms with Crippen LogP contribution in [0.1, 0.15) is 239 Å². The summed E-state index contributed by atoms with van der Waals surface area (Å²) >= 11 is 0. The second-order valence-electron chi connectivity index (χ2n) is 27.4. The highest BCUT2D eigenvalue weighted by Gasteiger charge is 2.53. The summed E-state index contributed by atoms with van der Waals surface area (Å²) in [5.41, 5.74) is 0. The Morgan fingerprint density at radius 1 is 0.356 bits per heavy atom. The van der Waals surface area contributed by atoms with Crippen LogP contribution in [-0.2, 0) is 33.2 Å². The van der Waals surface area contributed by atoms with Gasteiger partial charge in [-0.25, -0.2) is 0 Å². The molecule has 3 saturated heterocycles. The third kappa shape index (κ3) is 42.8. The minimum atomic E-state index is -1.99. The summed E-state index contributed by atoms with van der Waals surface area (Å²) in [5, 5.41) is 121. The number of ether oxygens (including phenoxy) is 6. The normalized spacial score (nSPS) is 26.8. The van der Waals surface area contributed by atoms with Crippen LogP contribution in [0, 0.1) is 0 Å². The van der Waals surface area contributed by atoms with Gasteiger partial charge in [-0.1, -0.05) is 275 Å². The van der Waals surface area contributed by atoms with E-state index >= 15 is 0 Å². The molecule has 592 valence electrons. The van der Waals surface area contributed by atoms with Crippen LogP contribution in [0.4, 0.5) is 0 Å². The van der Waals surface area contributed by atoms with E-state index in [-0.39, 0.29) is 18.9 Å². The van der Waals surface area contributed by atoms with Gasteiger partial charge in [0.05, 0.1) is 38.6 Å². The van der Waals surface area contributed by atoms with Crippen LogP contribution in [-0.4, -0.2) is 193 Å². The molecule has 17 unspecified atom stereocenters. The fourth-order valence-corrected chi connectivity index (χ4v) is 12.2. The topological polar surface area (TPSA) is 307 Å². The fourth-order valence-electron chi connectivity index (χ4n) is 12.2. The second kappa shape index (κ2) is 63.3. The number of nitrogens with one attached hydrogen (secondary N) is 1. The van der Waals surface area contributed by atoms with E-state index in [0.717, 1.165) is 135 Å². The number of aliphatic hydroxyl groups excluding tert-OH is 11. The third-order valence-corrected chi connectivity index (χ3v) is 18.6. The van der Waals surface area contributed by atoms with Gasteiger partial charge in [-0.2, -0.15) is 0 Å². The number of carbonyl (C=O) groups excluding carboxylic acids is 1. The number of aliphatic hydroxyl groups is 11. The predicted molar refractivity (Wildman–Crippen MR) is 415 cm³/mol. The molecule has 19 heteroatoms. The number of unbranched alkanes of at least 4 members (excludes halogenated alkanes) is 20. The molecule has 3 fully saturated rings. The van der Waals surface area contributed by atoms with E-state index in [0.29, 0.717) is 12.8 Å². The van der Waals surface area contributed by atoms with Gasteiger partial charge in [0, 0.05) is 6.42 Å². The fraction of sp³-hybridized carbons (Fsp3) is 0.682. The smallest absolute Gasteiger partial charge is 0.220 e. The molecule has 17 atom stereocenters. The summed E-state index contributed by atoms with van der Waals surface area (Å²) in [5.74, 6) is -0.303. The van der Waals surface area contributed by atoms with Gasteiger partial charge >= 0.3 is 0 Å². The summed E-state index contributed by atoms with van der Waals surface area (Å²) < 4.78 is 34.4. The van der Waals surface area contributed by atoms with Gasteiger partial charge in [-0.05, 0) is 116 Å². The van der Waals surface area contributed by atoms with Crippen molar-refractivity contribution in [3.05, 3.63) is 158 Å². The van der Waals surface area contributed by atoms with Gasteiger partial charge in [-0.15, -0.1) is 0 Å². The summed E-state index contributed by atoms with van der Waals surface area (Å²) in [4.78, 5) is 13.5. The summed E-state index contributed by atoms with van der Waals surface area (Å²) in [6.45, 7) is 1.58. The van der Waals surface area contributed by atoms with E-state index in [1.807, 2.05) is 6.08 Å². The Kier molecular flexibility index (Phi) is 57.0. The minimum Gasteiger partial charge on any atom is -0.394 e. The zero-order valence-corrected chi connectivity index (χ0v) is 63.2. The van der Waals surface area contributed by atoms with E-state index in [1.54, 1.807) is 6.08 Å². The van der Waals surface area contributed by atoms with Crippen molar-refractivity contribution >= 4 is 5.91 Å². The first-order valence-electron chi connectivity index (χ1n) is 39.7. The highest BCUT2D eigenvalue weighted by molar-refractivity contribution is 5.76. The lowest BCUT2D eigenvalue weighted by molar-refractivity contribution is -0.379. The lowest BCUT2D eigenvalue weighted by Crippen LogP contribution is -2.66. The second-order valence-corrected chi connectivity index (χ2v) is 27.4. The first kappa shape index (κ1) is 93.6. The van der Waals surface area contributed by atoms with Crippen LogP contribution < -0.4 is 5.32 Å². The molecule has 3 rings (SSSR count). The number of amides is 1. The van der Waals surface area contributed by atoms with Gasteiger partial charge in [0.2, 0.25) is 5.91 Å². The van der Waals surface area contributed by atoms with Crippen LogP contribution >= 0.6 is 0 Å². The Morgan fingerprint density at radius 3 is 1.08 bits per heavy atom. The van der Waals surface area contributed by atoms with Crippen molar-refractivity contribution in [3.8, 4) is 0 Å². The van der Waals surface area contributed by atoms with Gasteiger partial charge < -0.3 is 89.9 Å². The summed E-state index contributed by atoms with van der Waals surface area (Å²) in [6, 6.07) is -1.01. The Hall–Kier alpha value is -4.59. The van der Waals surface area contributed by atoms with Crippen molar-refractivity contribution in [2.45, 2.75) is 343 Å². The molecule has 0 saturated carbocycles. The Balaban J connectivity index is 1.36. The molecule has 0 aromatic rings. The average Bonchev–Trinajstić information content (AvgIpc) is 0.783. The molecule has 0 radical (unpaired) electrons. The van der Waals surface area contributed by atoms with Crippen LogP contribution in [0.25, 0.3) is 0 Å². The van der Waals surface area contributed by atoms with Crippen molar-refractivity contribution in [2.75, 3.05) is 26.4 Å². The SMILES string of the molecule is CC/C=C\C/C=C\C/C=C\C/C=C\C/C=C\C/C=C\C/C=C\C/C=C\C/C=C\C/C=C\C/C=C\CCCCCCCCCC(=O)NC(COC1OC(CO)C(OC2OC(CO)C(OC3OC(CO)C(O)C(O)C3O)C(O)C2O)C(O)C1O)C(O)/C=C/CC/C=C/CCCCCCCCCCCCCC. The Labute approximate surface area is 625 Å². The molecular formula is C85H139NO18. The third-order valence-electron chi connectivity index (χ3n) is 18.6. The maximum absolute atomic E-state index is 13.5. The largest absolute Gasteiger partial charge is 0.394 e. The summed E-state index contributed by atoms with van der Waals surface area (Å²) in [6.07, 6.45) is 66.5. The number of hydrogen-bond acceptors (Lipinski definition) is 18. The van der Waals surface area contributed by atoms with Crippen molar-refractivity contribution in [1.29, 1.82) is 0 Å². The molecule has 19 nitrogen and oxygen atoms in total. The maximum Gasteiger partial charge on any atom is 0.220 e. The van der Waals surface area contributed by atoms with Crippen molar-refractivity contribution in [3.63, 3.8) is 0 Å². The van der Waals surface area contributed by atoms with Gasteiger partial charge in [0.25, 0.3) is 0 Å². The lowest BCUT2D eigenvalue weighted by atomic mass is 9.96. The minimum absolute atomic E-state index is 0.212. The molecule has 3 heterocycles. The van der Waals surface area contributed by atoms with Crippen molar-refractivity contribution < 1.29 is 89.4 Å². The van der Waals surface area contributed by atoms with Crippen LogP contribution in [0.5, 0.6) is 0 Å². The number of carbonyl (C=O) groups is 1. The molecule has 0 aromatic carbocycles. The van der Waals surface area contributed by atoms with E-state index in [9.17, 15) is 61.0 Å². The first-order valence-corrected chi connectivity index (χ1v) is 39.7. The van der Waals surface area contributed by atoms with Crippen LogP contribution in [0.2, 0.25) is 0 Å². The number of hydrogen-bond donors (Lipinski definition) is 12. The Morgan fingerprint density at radius 2 is 0.673 bits per heavy atom. The molecule has 3 aliphatic heterocycles. The summed E-state index contributed by atoms with van der Waals surface area (Å²) in [7, 11) is 0. The van der Waals surface area contributed by atoms with Gasteiger partial charge in [0.1, 0.15) is 73.2 Å². The van der Waals surface area contributed by atoms with Gasteiger partial charge in [0.15, 0.2) is 18.9 Å². The molecule has 0 aliphatic carbocycles. The van der Waals surface area contributed by atoms with Crippen molar-refractivity contribution in [1.82, 2.24) is 5.32 Å². The van der Waals surface area contributed by atoms with E-state index in [2.05, 4.69) is 165 Å². The van der Waals surface area contributed by atoms with Gasteiger partial charge in [-0.3, -0.25) is 4.79 Å². The number of rotatable bonds is 60. The van der Waals surface area contributed by atoms with Crippen LogP contribution in [0.15, 0.2) is 158 Å². The zero-order chi connectivity index (χ0) is 75.3. The molecule has 1 amide bonds. The maximum atomic E-state index is 13.5. The average molecular weight is 1460 g/mol. The molecule has 104 heavy (non-hydrogen) atoms. The predicted octanol–water partition coefficient (Wildman–Crippen LogP) is 13.2. The van der Waals surface area contributed by atoms with Crippen LogP contribution in [0.3, 0.4) is 0 Å².